The molecule has 2 aromatic rings. The summed E-state index contributed by atoms with van der Waals surface area (Å²) in [6.45, 7) is 3.71. The Labute approximate surface area is 172 Å². The monoisotopic (exact) mass is 442 g/mol. The number of anilines is 1. The minimum absolute atomic E-state index is 0.112. The fraction of sp³-hybridized carbons (Fsp3) is 0.333. The third-order valence-electron chi connectivity index (χ3n) is 4.40. The lowest BCUT2D eigenvalue weighted by atomic mass is 10.3. The molecule has 2 N–H and O–H groups in total. The molecule has 2 heterocycles. The van der Waals surface area contributed by atoms with Crippen molar-refractivity contribution in [3.63, 3.8) is 0 Å². The summed E-state index contributed by atoms with van der Waals surface area (Å²) in [4.78, 5) is 4.28. The molecule has 0 saturated heterocycles. The van der Waals surface area contributed by atoms with Gasteiger partial charge in [0.15, 0.2) is 9.84 Å². The lowest BCUT2D eigenvalue weighted by molar-refractivity contribution is -0.243. The fourth-order valence-electron chi connectivity index (χ4n) is 2.96. The van der Waals surface area contributed by atoms with Crippen molar-refractivity contribution in [3.8, 4) is 5.69 Å². The number of hydrogen-bond donors (Lipinski definition) is 2. The average molecular weight is 442 g/mol. The maximum Gasteiger partial charge on any atom is 0.489 e. The highest BCUT2D eigenvalue weighted by atomic mass is 32.2. The quantitative estimate of drug-likeness (QED) is 0.669. The first-order valence-electron chi connectivity index (χ1n) is 8.97. The van der Waals surface area contributed by atoms with Crippen molar-refractivity contribution in [2.24, 2.45) is 4.99 Å². The Morgan fingerprint density at radius 2 is 1.87 bits per heavy atom. The van der Waals surface area contributed by atoms with Crippen LogP contribution in [0.3, 0.4) is 0 Å². The van der Waals surface area contributed by atoms with Crippen molar-refractivity contribution in [1.82, 2.24) is 20.0 Å². The first-order valence-corrected chi connectivity index (χ1v) is 10.9. The van der Waals surface area contributed by atoms with E-state index in [9.17, 15) is 21.6 Å². The van der Waals surface area contributed by atoms with Crippen molar-refractivity contribution in [3.05, 3.63) is 48.1 Å². The Hall–Kier alpha value is -3.02. The van der Waals surface area contributed by atoms with Crippen molar-refractivity contribution >= 4 is 21.7 Å². The molecule has 0 radical (unpaired) electrons. The summed E-state index contributed by atoms with van der Waals surface area (Å²) in [5.74, 6) is -0.112. The molecule has 1 unspecified atom stereocenters. The van der Waals surface area contributed by atoms with E-state index in [2.05, 4.69) is 20.7 Å². The predicted octanol–water partition coefficient (Wildman–Crippen LogP) is 2.64. The molecule has 1 aromatic heterocycles. The Morgan fingerprint density at radius 1 is 1.20 bits per heavy atom. The standard InChI is InChI=1S/C18H21F3N6O2S/c1-4-22-16-9-10-23-17(26(16)18(19,20)21)25-15-11-24-27(12(15)2)13-5-7-14(8-6-13)30(3,28)29/h5-11,17,22,25H,4H2,1-3H3. The number of aromatic nitrogens is 2. The van der Waals surface area contributed by atoms with Crippen LogP contribution in [-0.4, -0.2) is 54.7 Å². The molecule has 0 amide bonds. The highest BCUT2D eigenvalue weighted by Gasteiger charge is 2.44. The van der Waals surface area contributed by atoms with Gasteiger partial charge in [-0.25, -0.2) is 23.0 Å². The van der Waals surface area contributed by atoms with Gasteiger partial charge in [0.2, 0.25) is 6.29 Å². The number of benzene rings is 1. The second-order valence-corrected chi connectivity index (χ2v) is 8.57. The summed E-state index contributed by atoms with van der Waals surface area (Å²) in [5, 5.41) is 9.66. The second kappa shape index (κ2) is 8.01. The summed E-state index contributed by atoms with van der Waals surface area (Å²) in [6, 6.07) is 6.05. The highest BCUT2D eigenvalue weighted by Crippen LogP contribution is 2.31. The van der Waals surface area contributed by atoms with Crippen LogP contribution in [0.15, 0.2) is 52.2 Å². The van der Waals surface area contributed by atoms with Crippen LogP contribution in [0.4, 0.5) is 18.9 Å². The first-order chi connectivity index (χ1) is 14.0. The van der Waals surface area contributed by atoms with Gasteiger partial charge in [0.25, 0.3) is 0 Å². The number of nitrogens with one attached hydrogen (secondary N) is 2. The lowest BCUT2D eigenvalue weighted by Gasteiger charge is -2.36. The van der Waals surface area contributed by atoms with Gasteiger partial charge < -0.3 is 10.6 Å². The van der Waals surface area contributed by atoms with E-state index in [1.54, 1.807) is 26.0 Å². The number of rotatable bonds is 6. The van der Waals surface area contributed by atoms with Gasteiger partial charge in [-0.15, -0.1) is 13.2 Å². The number of nitrogens with zero attached hydrogens (tertiary/aromatic N) is 4. The molecule has 0 saturated carbocycles. The zero-order valence-corrected chi connectivity index (χ0v) is 17.3. The van der Waals surface area contributed by atoms with Crippen LogP contribution in [0, 0.1) is 6.92 Å². The van der Waals surface area contributed by atoms with Crippen molar-refractivity contribution in [1.29, 1.82) is 0 Å². The zero-order chi connectivity index (χ0) is 22.1. The molecule has 0 fully saturated rings. The molecule has 0 bridgehead atoms. The molecular weight excluding hydrogens is 421 g/mol. The Kier molecular flexibility index (Phi) is 5.79. The maximum absolute atomic E-state index is 13.6. The third kappa shape index (κ3) is 4.42. The third-order valence-corrected chi connectivity index (χ3v) is 5.53. The van der Waals surface area contributed by atoms with E-state index in [0.29, 0.717) is 23.6 Å². The Morgan fingerprint density at radius 3 is 2.43 bits per heavy atom. The van der Waals surface area contributed by atoms with E-state index >= 15 is 0 Å². The summed E-state index contributed by atoms with van der Waals surface area (Å²) in [7, 11) is -3.34. The van der Waals surface area contributed by atoms with Crippen LogP contribution in [0.1, 0.15) is 12.6 Å². The van der Waals surface area contributed by atoms with Crippen LogP contribution in [0.5, 0.6) is 0 Å². The minimum Gasteiger partial charge on any atom is -0.372 e. The van der Waals surface area contributed by atoms with Crippen molar-refractivity contribution < 1.29 is 21.6 Å². The molecule has 162 valence electrons. The van der Waals surface area contributed by atoms with Gasteiger partial charge in [0, 0.05) is 19.0 Å². The number of sulfone groups is 1. The predicted molar refractivity (Wildman–Crippen MR) is 107 cm³/mol. The number of aliphatic imine (C=N–C) groups is 1. The summed E-state index contributed by atoms with van der Waals surface area (Å²) < 4.78 is 65.6. The molecule has 1 aliphatic heterocycles. The van der Waals surface area contributed by atoms with E-state index < -0.39 is 22.4 Å². The first kappa shape index (κ1) is 21.7. The van der Waals surface area contributed by atoms with E-state index in [-0.39, 0.29) is 15.6 Å². The van der Waals surface area contributed by atoms with Crippen LogP contribution in [0.2, 0.25) is 0 Å². The van der Waals surface area contributed by atoms with Crippen LogP contribution < -0.4 is 10.6 Å². The minimum atomic E-state index is -4.66. The second-order valence-electron chi connectivity index (χ2n) is 6.56. The summed E-state index contributed by atoms with van der Waals surface area (Å²) in [6.07, 6.45) is -0.996. The Bertz CT molecular complexity index is 1070. The molecule has 12 heteroatoms. The molecular formula is C18H21F3N6O2S. The smallest absolute Gasteiger partial charge is 0.372 e. The van der Waals surface area contributed by atoms with Gasteiger partial charge >= 0.3 is 6.30 Å². The zero-order valence-electron chi connectivity index (χ0n) is 16.5. The van der Waals surface area contributed by atoms with E-state index in [1.807, 2.05) is 0 Å². The molecule has 1 atom stereocenters. The molecule has 1 aromatic carbocycles. The number of allylic oxidation sites excluding steroid dienone is 1. The van der Waals surface area contributed by atoms with Crippen molar-refractivity contribution in [2.45, 2.75) is 31.3 Å². The number of alkyl halides is 3. The topological polar surface area (TPSA) is 91.6 Å². The molecule has 3 rings (SSSR count). The van der Waals surface area contributed by atoms with Crippen molar-refractivity contribution in [2.75, 3.05) is 18.1 Å². The van der Waals surface area contributed by atoms with Gasteiger partial charge in [0.1, 0.15) is 5.82 Å². The van der Waals surface area contributed by atoms with Gasteiger partial charge in [-0.05, 0) is 44.2 Å². The van der Waals surface area contributed by atoms with E-state index in [1.165, 1.54) is 35.3 Å². The average Bonchev–Trinajstić information content (AvgIpc) is 3.01. The van der Waals surface area contributed by atoms with Gasteiger partial charge in [-0.1, -0.05) is 0 Å². The van der Waals surface area contributed by atoms with Gasteiger partial charge in [-0.3, -0.25) is 0 Å². The molecule has 0 aliphatic carbocycles. The van der Waals surface area contributed by atoms with Gasteiger partial charge in [0.05, 0.1) is 28.2 Å². The summed E-state index contributed by atoms with van der Waals surface area (Å²) >= 11 is 0. The molecule has 1 aliphatic rings. The SMILES string of the molecule is CCNC1=CC=NC(Nc2cnn(-c3ccc(S(C)(=O)=O)cc3)c2C)N1C(F)(F)F. The number of hydrogen-bond acceptors (Lipinski definition) is 7. The van der Waals surface area contributed by atoms with Crippen LogP contribution >= 0.6 is 0 Å². The van der Waals surface area contributed by atoms with Crippen LogP contribution in [-0.2, 0) is 9.84 Å². The summed E-state index contributed by atoms with van der Waals surface area (Å²) in [5.41, 5.74) is 1.47. The normalized spacial score (nSPS) is 17.1. The molecule has 8 nitrogen and oxygen atoms in total. The maximum atomic E-state index is 13.6. The van der Waals surface area contributed by atoms with E-state index in [4.69, 9.17) is 0 Å². The highest BCUT2D eigenvalue weighted by molar-refractivity contribution is 7.90. The lowest BCUT2D eigenvalue weighted by Crippen LogP contribution is -2.52. The number of halogens is 3. The Balaban J connectivity index is 1.87. The fourth-order valence-corrected chi connectivity index (χ4v) is 3.59. The largest absolute Gasteiger partial charge is 0.489 e. The van der Waals surface area contributed by atoms with Gasteiger partial charge in [-0.2, -0.15) is 5.10 Å². The van der Waals surface area contributed by atoms with Crippen LogP contribution in [0.25, 0.3) is 5.69 Å². The molecule has 30 heavy (non-hydrogen) atoms. The van der Waals surface area contributed by atoms with E-state index in [0.717, 1.165) is 6.26 Å². The molecule has 0 spiro atoms.